The van der Waals surface area contributed by atoms with Crippen molar-refractivity contribution in [2.45, 2.75) is 18.9 Å². The fourth-order valence-electron chi connectivity index (χ4n) is 2.97. The van der Waals surface area contributed by atoms with Gasteiger partial charge in [0, 0.05) is 25.7 Å². The van der Waals surface area contributed by atoms with Gasteiger partial charge in [0.1, 0.15) is 11.5 Å². The fourth-order valence-corrected chi connectivity index (χ4v) is 2.97. The van der Waals surface area contributed by atoms with E-state index < -0.39 is 5.82 Å². The predicted molar refractivity (Wildman–Crippen MR) is 64.6 cm³/mol. The van der Waals surface area contributed by atoms with Gasteiger partial charge in [-0.3, -0.25) is 4.79 Å². The van der Waals surface area contributed by atoms with E-state index in [1.54, 1.807) is 0 Å². The summed E-state index contributed by atoms with van der Waals surface area (Å²) < 4.78 is 12.8. The first-order valence-corrected chi connectivity index (χ1v) is 6.39. The molecule has 0 radical (unpaired) electrons. The van der Waals surface area contributed by atoms with Gasteiger partial charge in [0.2, 0.25) is 0 Å². The van der Waals surface area contributed by atoms with Crippen LogP contribution in [0.15, 0.2) is 18.3 Å². The second-order valence-electron chi connectivity index (χ2n) is 4.99. The third-order valence-corrected chi connectivity index (χ3v) is 3.89. The molecule has 1 aromatic heterocycles. The van der Waals surface area contributed by atoms with Gasteiger partial charge in [-0.25, -0.2) is 9.37 Å². The molecule has 2 aliphatic rings. The van der Waals surface area contributed by atoms with Crippen LogP contribution in [0.3, 0.4) is 0 Å². The van der Waals surface area contributed by atoms with Crippen molar-refractivity contribution in [3.8, 4) is 0 Å². The first-order valence-electron chi connectivity index (χ1n) is 6.39. The lowest BCUT2D eigenvalue weighted by Crippen LogP contribution is -2.48. The molecular weight excluding hydrogens is 233 g/mol. The summed E-state index contributed by atoms with van der Waals surface area (Å²) >= 11 is 0. The number of amides is 1. The molecule has 0 saturated carbocycles. The summed E-state index contributed by atoms with van der Waals surface area (Å²) in [6, 6.07) is 3.02. The van der Waals surface area contributed by atoms with E-state index in [-0.39, 0.29) is 11.9 Å². The highest BCUT2D eigenvalue weighted by molar-refractivity contribution is 5.92. The number of nitrogens with one attached hydrogen (secondary N) is 1. The van der Waals surface area contributed by atoms with Crippen LogP contribution in [0.25, 0.3) is 0 Å². The number of nitrogens with zero attached hydrogens (tertiary/aromatic N) is 2. The smallest absolute Gasteiger partial charge is 0.272 e. The fraction of sp³-hybridized carbons (Fsp3) is 0.538. The van der Waals surface area contributed by atoms with Crippen molar-refractivity contribution in [1.29, 1.82) is 0 Å². The van der Waals surface area contributed by atoms with Crippen LogP contribution in [0.1, 0.15) is 23.3 Å². The molecule has 2 unspecified atom stereocenters. The summed E-state index contributed by atoms with van der Waals surface area (Å²) in [7, 11) is 0. The van der Waals surface area contributed by atoms with Gasteiger partial charge in [0.15, 0.2) is 0 Å². The van der Waals surface area contributed by atoms with Gasteiger partial charge in [-0.05, 0) is 30.9 Å². The Morgan fingerprint density at radius 3 is 3.11 bits per heavy atom. The average Bonchev–Trinajstić information content (AvgIpc) is 2.87. The monoisotopic (exact) mass is 249 g/mol. The van der Waals surface area contributed by atoms with Crippen LogP contribution in [0, 0.1) is 11.7 Å². The Morgan fingerprint density at radius 2 is 2.33 bits per heavy atom. The van der Waals surface area contributed by atoms with Crippen LogP contribution < -0.4 is 5.32 Å². The van der Waals surface area contributed by atoms with Gasteiger partial charge in [-0.15, -0.1) is 0 Å². The van der Waals surface area contributed by atoms with Gasteiger partial charge in [0.05, 0.1) is 6.20 Å². The largest absolute Gasteiger partial charge is 0.333 e. The lowest BCUT2D eigenvalue weighted by Gasteiger charge is -2.36. The summed E-state index contributed by atoms with van der Waals surface area (Å²) in [5.74, 6) is 0.0714. The van der Waals surface area contributed by atoms with Crippen LogP contribution >= 0.6 is 0 Å². The number of hydrogen-bond acceptors (Lipinski definition) is 3. The maximum Gasteiger partial charge on any atom is 0.272 e. The van der Waals surface area contributed by atoms with E-state index in [1.807, 2.05) is 4.90 Å². The van der Waals surface area contributed by atoms with Gasteiger partial charge in [-0.1, -0.05) is 0 Å². The molecule has 1 aromatic rings. The number of hydrogen-bond donors (Lipinski definition) is 1. The topological polar surface area (TPSA) is 45.2 Å². The number of piperidine rings is 1. The highest BCUT2D eigenvalue weighted by Gasteiger charge is 2.37. The van der Waals surface area contributed by atoms with E-state index >= 15 is 0 Å². The van der Waals surface area contributed by atoms with Gasteiger partial charge >= 0.3 is 0 Å². The third kappa shape index (κ3) is 1.99. The standard InChI is InChI=1S/C13H16FN3O/c14-10-3-4-11(16-7-10)13(18)17-5-1-2-9-6-15-8-12(9)17/h3-4,7,9,12,15H,1-2,5-6,8H2. The van der Waals surface area contributed by atoms with Crippen molar-refractivity contribution in [3.63, 3.8) is 0 Å². The zero-order valence-electron chi connectivity index (χ0n) is 10.1. The Labute approximate surface area is 105 Å². The number of carbonyl (C=O) groups excluding carboxylic acids is 1. The van der Waals surface area contributed by atoms with Gasteiger partial charge in [0.25, 0.3) is 5.91 Å². The molecule has 2 fully saturated rings. The van der Waals surface area contributed by atoms with Crippen LogP contribution in [-0.2, 0) is 0 Å². The van der Waals surface area contributed by atoms with Crippen molar-refractivity contribution in [3.05, 3.63) is 29.8 Å². The Balaban J connectivity index is 1.81. The van der Waals surface area contributed by atoms with Crippen molar-refractivity contribution < 1.29 is 9.18 Å². The average molecular weight is 249 g/mol. The zero-order valence-corrected chi connectivity index (χ0v) is 10.1. The number of carbonyl (C=O) groups is 1. The molecule has 0 bridgehead atoms. The molecule has 0 spiro atoms. The number of halogens is 1. The Morgan fingerprint density at radius 1 is 1.44 bits per heavy atom. The number of aromatic nitrogens is 1. The maximum absolute atomic E-state index is 12.8. The number of likely N-dealkylation sites (tertiary alicyclic amines) is 1. The van der Waals surface area contributed by atoms with Gasteiger partial charge in [-0.2, -0.15) is 0 Å². The van der Waals surface area contributed by atoms with Crippen molar-refractivity contribution in [2.75, 3.05) is 19.6 Å². The van der Waals surface area contributed by atoms with Crippen LogP contribution in [0.5, 0.6) is 0 Å². The first-order chi connectivity index (χ1) is 8.75. The minimum Gasteiger partial charge on any atom is -0.333 e. The highest BCUT2D eigenvalue weighted by atomic mass is 19.1. The van der Waals surface area contributed by atoms with E-state index in [2.05, 4.69) is 10.3 Å². The minimum atomic E-state index is -0.411. The SMILES string of the molecule is O=C(c1ccc(F)cn1)N1CCCC2CNCC21. The molecule has 3 heterocycles. The number of pyridine rings is 1. The predicted octanol–water partition coefficient (Wildman–Crippen LogP) is 1.04. The van der Waals surface area contributed by atoms with E-state index in [9.17, 15) is 9.18 Å². The number of rotatable bonds is 1. The van der Waals surface area contributed by atoms with E-state index in [0.717, 1.165) is 32.3 Å². The molecule has 4 nitrogen and oxygen atoms in total. The van der Waals surface area contributed by atoms with Crippen molar-refractivity contribution >= 4 is 5.91 Å². The quantitative estimate of drug-likeness (QED) is 0.809. The first kappa shape index (κ1) is 11.6. The summed E-state index contributed by atoms with van der Waals surface area (Å²) in [6.07, 6.45) is 3.32. The molecule has 3 rings (SSSR count). The van der Waals surface area contributed by atoms with Crippen molar-refractivity contribution in [2.24, 2.45) is 5.92 Å². The van der Waals surface area contributed by atoms with E-state index in [0.29, 0.717) is 11.6 Å². The minimum absolute atomic E-state index is 0.0756. The molecule has 2 aliphatic heterocycles. The summed E-state index contributed by atoms with van der Waals surface area (Å²) in [4.78, 5) is 18.1. The van der Waals surface area contributed by atoms with Crippen molar-refractivity contribution in [1.82, 2.24) is 15.2 Å². The highest BCUT2D eigenvalue weighted by Crippen LogP contribution is 2.27. The Kier molecular flexibility index (Phi) is 2.99. The molecule has 96 valence electrons. The molecule has 2 atom stereocenters. The van der Waals surface area contributed by atoms with E-state index in [1.165, 1.54) is 18.6 Å². The molecule has 0 aromatic carbocycles. The number of fused-ring (bicyclic) bond motifs is 1. The lowest BCUT2D eigenvalue weighted by molar-refractivity contribution is 0.0568. The van der Waals surface area contributed by atoms with E-state index in [4.69, 9.17) is 0 Å². The summed E-state index contributed by atoms with van der Waals surface area (Å²) in [5.41, 5.74) is 0.337. The third-order valence-electron chi connectivity index (χ3n) is 3.89. The maximum atomic E-state index is 12.8. The Bertz CT molecular complexity index is 448. The Hall–Kier alpha value is -1.49. The molecule has 2 saturated heterocycles. The van der Waals surface area contributed by atoms with Crippen LogP contribution in [0.4, 0.5) is 4.39 Å². The van der Waals surface area contributed by atoms with Crippen LogP contribution in [0.2, 0.25) is 0 Å². The molecular formula is C13H16FN3O. The lowest BCUT2D eigenvalue weighted by atomic mass is 9.92. The molecule has 1 N–H and O–H groups in total. The summed E-state index contributed by atoms with van der Waals surface area (Å²) in [6.45, 7) is 2.63. The second-order valence-corrected chi connectivity index (χ2v) is 4.99. The second kappa shape index (κ2) is 4.65. The normalized spacial score (nSPS) is 27.1. The molecule has 0 aliphatic carbocycles. The van der Waals surface area contributed by atoms with Gasteiger partial charge < -0.3 is 10.2 Å². The zero-order chi connectivity index (χ0) is 12.5. The summed E-state index contributed by atoms with van der Waals surface area (Å²) in [5, 5.41) is 3.34. The molecule has 18 heavy (non-hydrogen) atoms. The molecule has 5 heteroatoms. The van der Waals surface area contributed by atoms with Crippen LogP contribution in [-0.4, -0.2) is 41.5 Å². The molecule has 1 amide bonds.